The molecule has 0 radical (unpaired) electrons. The number of nitrogens with zero attached hydrogens (tertiary/aromatic N) is 1. The molecule has 0 aliphatic carbocycles. The molecule has 1 heterocycles. The van der Waals surface area contributed by atoms with Crippen LogP contribution in [0.5, 0.6) is 5.75 Å². The van der Waals surface area contributed by atoms with Crippen LogP contribution in [0, 0.1) is 0 Å². The number of ether oxygens (including phenoxy) is 1. The summed E-state index contributed by atoms with van der Waals surface area (Å²) in [5.74, 6) is -0.0530. The standard InChI is InChI=1S/C8H6ClF2NO2/c1-14-5-2-4(8(10)11)3-12-6(5)7(9)13/h2-3,8H,1H3. The third-order valence-electron chi connectivity index (χ3n) is 1.53. The Balaban J connectivity index is 3.18. The van der Waals surface area contributed by atoms with E-state index in [4.69, 9.17) is 16.3 Å². The Morgan fingerprint density at radius 2 is 2.29 bits per heavy atom. The maximum atomic E-state index is 12.2. The average molecular weight is 222 g/mol. The van der Waals surface area contributed by atoms with Gasteiger partial charge >= 0.3 is 0 Å². The first-order valence-corrected chi connectivity index (χ1v) is 3.96. The molecule has 0 N–H and O–H groups in total. The van der Waals surface area contributed by atoms with Crippen LogP contribution in [0.2, 0.25) is 0 Å². The van der Waals surface area contributed by atoms with Crippen LogP contribution in [-0.4, -0.2) is 17.3 Å². The van der Waals surface area contributed by atoms with Gasteiger partial charge in [-0.2, -0.15) is 0 Å². The van der Waals surface area contributed by atoms with Crippen LogP contribution in [0.15, 0.2) is 12.3 Å². The smallest absolute Gasteiger partial charge is 0.274 e. The summed E-state index contributed by atoms with van der Waals surface area (Å²) in [5, 5.41) is -0.845. The Morgan fingerprint density at radius 3 is 2.71 bits per heavy atom. The topological polar surface area (TPSA) is 39.2 Å². The number of methoxy groups -OCH3 is 1. The third-order valence-corrected chi connectivity index (χ3v) is 1.71. The van der Waals surface area contributed by atoms with Gasteiger partial charge in [-0.25, -0.2) is 13.8 Å². The fraction of sp³-hybridized carbons (Fsp3) is 0.250. The van der Waals surface area contributed by atoms with Gasteiger partial charge in [0.2, 0.25) is 0 Å². The molecular formula is C8H6ClF2NO2. The van der Waals surface area contributed by atoms with Crippen molar-refractivity contribution in [3.63, 3.8) is 0 Å². The Kier molecular flexibility index (Phi) is 3.35. The third kappa shape index (κ3) is 2.17. The number of pyridine rings is 1. The summed E-state index contributed by atoms with van der Waals surface area (Å²) in [4.78, 5) is 14.2. The maximum absolute atomic E-state index is 12.2. The molecule has 6 heteroatoms. The van der Waals surface area contributed by atoms with Gasteiger partial charge in [0.25, 0.3) is 11.7 Å². The van der Waals surface area contributed by atoms with Gasteiger partial charge in [0, 0.05) is 11.8 Å². The predicted molar refractivity (Wildman–Crippen MR) is 45.9 cm³/mol. The van der Waals surface area contributed by atoms with E-state index in [0.717, 1.165) is 12.3 Å². The second-order valence-electron chi connectivity index (χ2n) is 2.39. The first-order valence-electron chi connectivity index (χ1n) is 3.58. The summed E-state index contributed by atoms with van der Waals surface area (Å²) in [5.41, 5.74) is -0.484. The molecule has 0 bridgehead atoms. The molecule has 0 unspecified atom stereocenters. The molecule has 14 heavy (non-hydrogen) atoms. The van der Waals surface area contributed by atoms with Gasteiger partial charge in [-0.3, -0.25) is 4.79 Å². The van der Waals surface area contributed by atoms with Crippen LogP contribution >= 0.6 is 11.6 Å². The number of rotatable bonds is 3. The molecule has 1 aromatic rings. The molecule has 0 spiro atoms. The lowest BCUT2D eigenvalue weighted by Crippen LogP contribution is -2.00. The van der Waals surface area contributed by atoms with Crippen LogP contribution in [0.25, 0.3) is 0 Å². The summed E-state index contributed by atoms with van der Waals surface area (Å²) < 4.78 is 29.1. The zero-order chi connectivity index (χ0) is 10.7. The van der Waals surface area contributed by atoms with Crippen molar-refractivity contribution in [1.82, 2.24) is 4.98 Å². The molecule has 0 atom stereocenters. The largest absolute Gasteiger partial charge is 0.494 e. The number of hydrogen-bond donors (Lipinski definition) is 0. The minimum atomic E-state index is -2.66. The van der Waals surface area contributed by atoms with Crippen molar-refractivity contribution in [2.75, 3.05) is 7.11 Å². The van der Waals surface area contributed by atoms with Crippen LogP contribution < -0.4 is 4.74 Å². The fourth-order valence-corrected chi connectivity index (χ4v) is 1.02. The SMILES string of the molecule is COc1cc(C(F)F)cnc1C(=O)Cl. The molecular weight excluding hydrogens is 216 g/mol. The number of carbonyl (C=O) groups excluding carboxylic acids is 1. The number of hydrogen-bond acceptors (Lipinski definition) is 3. The molecule has 0 saturated carbocycles. The van der Waals surface area contributed by atoms with Crippen molar-refractivity contribution in [2.24, 2.45) is 0 Å². The second-order valence-corrected chi connectivity index (χ2v) is 2.74. The highest BCUT2D eigenvalue weighted by atomic mass is 35.5. The van der Waals surface area contributed by atoms with E-state index in [0.29, 0.717) is 0 Å². The molecule has 0 amide bonds. The van der Waals surface area contributed by atoms with E-state index in [-0.39, 0.29) is 17.0 Å². The van der Waals surface area contributed by atoms with Gasteiger partial charge in [0.15, 0.2) is 5.69 Å². The van der Waals surface area contributed by atoms with E-state index in [1.807, 2.05) is 0 Å². The Bertz CT molecular complexity index is 357. The first kappa shape index (κ1) is 10.8. The van der Waals surface area contributed by atoms with Gasteiger partial charge in [-0.1, -0.05) is 0 Å². The zero-order valence-electron chi connectivity index (χ0n) is 7.13. The quantitative estimate of drug-likeness (QED) is 0.736. The summed E-state index contributed by atoms with van der Waals surface area (Å²) in [6, 6.07) is 1.04. The van der Waals surface area contributed by atoms with Crippen LogP contribution in [0.1, 0.15) is 22.5 Å². The summed E-state index contributed by atoms with van der Waals surface area (Å²) in [6.07, 6.45) is -1.76. The molecule has 1 aromatic heterocycles. The van der Waals surface area contributed by atoms with Gasteiger partial charge in [-0.15, -0.1) is 0 Å². The lowest BCUT2D eigenvalue weighted by atomic mass is 10.2. The van der Waals surface area contributed by atoms with Gasteiger partial charge in [0.1, 0.15) is 5.75 Å². The highest BCUT2D eigenvalue weighted by molar-refractivity contribution is 6.67. The Hall–Kier alpha value is -1.23. The molecule has 0 aliphatic heterocycles. The molecule has 0 aliphatic rings. The van der Waals surface area contributed by atoms with Crippen molar-refractivity contribution < 1.29 is 18.3 Å². The molecule has 1 rings (SSSR count). The number of carbonyl (C=O) groups is 1. The molecule has 76 valence electrons. The van der Waals surface area contributed by atoms with E-state index >= 15 is 0 Å². The van der Waals surface area contributed by atoms with E-state index in [1.54, 1.807) is 0 Å². The Morgan fingerprint density at radius 1 is 1.64 bits per heavy atom. The predicted octanol–water partition coefficient (Wildman–Crippen LogP) is 2.41. The van der Waals surface area contributed by atoms with Crippen molar-refractivity contribution >= 4 is 16.8 Å². The van der Waals surface area contributed by atoms with Gasteiger partial charge in [-0.05, 0) is 17.7 Å². The summed E-state index contributed by atoms with van der Waals surface area (Å²) >= 11 is 5.15. The van der Waals surface area contributed by atoms with Gasteiger partial charge < -0.3 is 4.74 Å². The van der Waals surface area contributed by atoms with E-state index in [9.17, 15) is 13.6 Å². The maximum Gasteiger partial charge on any atom is 0.274 e. The van der Waals surface area contributed by atoms with Crippen LogP contribution in [0.4, 0.5) is 8.78 Å². The molecule has 0 saturated heterocycles. The highest BCUT2D eigenvalue weighted by Crippen LogP contribution is 2.25. The lowest BCUT2D eigenvalue weighted by Gasteiger charge is -2.05. The van der Waals surface area contributed by atoms with Crippen molar-refractivity contribution in [3.05, 3.63) is 23.5 Å². The Labute approximate surface area is 83.7 Å². The first-order chi connectivity index (χ1) is 6.56. The molecule has 3 nitrogen and oxygen atoms in total. The monoisotopic (exact) mass is 221 g/mol. The molecule has 0 aromatic carbocycles. The zero-order valence-corrected chi connectivity index (χ0v) is 7.89. The fourth-order valence-electron chi connectivity index (χ4n) is 0.882. The number of halogens is 3. The van der Waals surface area contributed by atoms with Crippen molar-refractivity contribution in [3.8, 4) is 5.75 Å². The summed E-state index contributed by atoms with van der Waals surface area (Å²) in [7, 11) is 1.25. The van der Waals surface area contributed by atoms with Crippen molar-refractivity contribution in [1.29, 1.82) is 0 Å². The minimum Gasteiger partial charge on any atom is -0.494 e. The van der Waals surface area contributed by atoms with Crippen LogP contribution in [-0.2, 0) is 0 Å². The molecule has 0 fully saturated rings. The highest BCUT2D eigenvalue weighted by Gasteiger charge is 2.15. The van der Waals surface area contributed by atoms with Gasteiger partial charge in [0.05, 0.1) is 7.11 Å². The van der Waals surface area contributed by atoms with Crippen LogP contribution in [0.3, 0.4) is 0 Å². The van der Waals surface area contributed by atoms with E-state index in [1.165, 1.54) is 7.11 Å². The van der Waals surface area contributed by atoms with E-state index in [2.05, 4.69) is 4.98 Å². The average Bonchev–Trinajstić information content (AvgIpc) is 2.16. The number of alkyl halides is 2. The lowest BCUT2D eigenvalue weighted by molar-refractivity contribution is 0.107. The second kappa shape index (κ2) is 4.32. The summed E-state index contributed by atoms with van der Waals surface area (Å²) in [6.45, 7) is 0. The minimum absolute atomic E-state index is 0.0530. The normalized spacial score (nSPS) is 10.4. The van der Waals surface area contributed by atoms with Crippen molar-refractivity contribution in [2.45, 2.75) is 6.43 Å². The van der Waals surface area contributed by atoms with E-state index < -0.39 is 11.7 Å². The number of aromatic nitrogens is 1.